The quantitative estimate of drug-likeness (QED) is 0.769. The Morgan fingerprint density at radius 2 is 1.80 bits per heavy atom. The van der Waals surface area contributed by atoms with Crippen molar-refractivity contribution in [1.82, 2.24) is 10.2 Å². The van der Waals surface area contributed by atoms with E-state index in [1.54, 1.807) is 11.8 Å². The number of likely N-dealkylation sites (tertiary alicyclic amines) is 1. The Kier molecular flexibility index (Phi) is 6.99. The van der Waals surface area contributed by atoms with Crippen LogP contribution in [0, 0.1) is 11.8 Å². The van der Waals surface area contributed by atoms with Gasteiger partial charge in [-0.1, -0.05) is 26.7 Å². The summed E-state index contributed by atoms with van der Waals surface area (Å²) in [7, 11) is 0. The highest BCUT2D eigenvalue weighted by molar-refractivity contribution is 5.79. The number of aliphatic hydroxyl groups is 1. The highest BCUT2D eigenvalue weighted by Gasteiger charge is 2.26. The number of amides is 2. The predicted octanol–water partition coefficient (Wildman–Crippen LogP) is 1.16. The average molecular weight is 284 g/mol. The fourth-order valence-electron chi connectivity index (χ4n) is 2.81. The lowest BCUT2D eigenvalue weighted by molar-refractivity contribution is -0.134. The average Bonchev–Trinajstić information content (AvgIpc) is 2.46. The van der Waals surface area contributed by atoms with E-state index in [9.17, 15) is 14.7 Å². The summed E-state index contributed by atoms with van der Waals surface area (Å²) in [5.74, 6) is 0.306. The molecule has 0 spiro atoms. The van der Waals surface area contributed by atoms with Crippen molar-refractivity contribution in [3.63, 3.8) is 0 Å². The molecule has 5 heteroatoms. The van der Waals surface area contributed by atoms with Gasteiger partial charge in [0.25, 0.3) is 0 Å². The van der Waals surface area contributed by atoms with Crippen molar-refractivity contribution in [2.45, 2.75) is 52.6 Å². The molecule has 0 bridgehead atoms. The standard InChI is InChI=1S/C15H28N2O3/c1-4-12(5-2)14(19)10-16-15(20)13-6-8-17(9-7-13)11(3)18/h12-14,19H,4-10H2,1-3H3,(H,16,20). The lowest BCUT2D eigenvalue weighted by atomic mass is 9.94. The first kappa shape index (κ1) is 17.0. The molecule has 5 nitrogen and oxygen atoms in total. The van der Waals surface area contributed by atoms with Crippen LogP contribution in [-0.2, 0) is 9.59 Å². The number of nitrogens with one attached hydrogen (secondary N) is 1. The van der Waals surface area contributed by atoms with Crippen LogP contribution in [0.1, 0.15) is 46.5 Å². The van der Waals surface area contributed by atoms with Gasteiger partial charge in [0, 0.05) is 32.5 Å². The van der Waals surface area contributed by atoms with Crippen LogP contribution < -0.4 is 5.32 Å². The first-order chi connectivity index (χ1) is 9.49. The normalized spacial score (nSPS) is 18.1. The highest BCUT2D eigenvalue weighted by atomic mass is 16.3. The first-order valence-electron chi connectivity index (χ1n) is 7.70. The molecule has 1 saturated heterocycles. The monoisotopic (exact) mass is 284 g/mol. The molecule has 0 saturated carbocycles. The Morgan fingerprint density at radius 3 is 2.25 bits per heavy atom. The van der Waals surface area contributed by atoms with Crippen LogP contribution in [-0.4, -0.2) is 47.6 Å². The maximum Gasteiger partial charge on any atom is 0.223 e. The van der Waals surface area contributed by atoms with Crippen molar-refractivity contribution < 1.29 is 14.7 Å². The van der Waals surface area contributed by atoms with E-state index < -0.39 is 6.10 Å². The van der Waals surface area contributed by atoms with Crippen molar-refractivity contribution in [3.8, 4) is 0 Å². The zero-order valence-electron chi connectivity index (χ0n) is 12.9. The summed E-state index contributed by atoms with van der Waals surface area (Å²) in [5.41, 5.74) is 0. The number of aliphatic hydroxyl groups excluding tert-OH is 1. The van der Waals surface area contributed by atoms with E-state index in [0.717, 1.165) is 12.8 Å². The molecule has 0 radical (unpaired) electrons. The molecular weight excluding hydrogens is 256 g/mol. The van der Waals surface area contributed by atoms with Gasteiger partial charge in [-0.2, -0.15) is 0 Å². The number of hydrogen-bond donors (Lipinski definition) is 2. The summed E-state index contributed by atoms with van der Waals surface area (Å²) in [6.45, 7) is 7.31. The number of piperidine rings is 1. The van der Waals surface area contributed by atoms with E-state index in [1.165, 1.54) is 0 Å². The van der Waals surface area contributed by atoms with E-state index in [1.807, 2.05) is 0 Å². The highest BCUT2D eigenvalue weighted by Crippen LogP contribution is 2.18. The minimum Gasteiger partial charge on any atom is -0.391 e. The molecule has 1 unspecified atom stereocenters. The van der Waals surface area contributed by atoms with Gasteiger partial charge < -0.3 is 15.3 Å². The van der Waals surface area contributed by atoms with Crippen molar-refractivity contribution in [2.24, 2.45) is 11.8 Å². The lowest BCUT2D eigenvalue weighted by Gasteiger charge is -2.31. The number of rotatable bonds is 6. The zero-order valence-corrected chi connectivity index (χ0v) is 12.9. The molecule has 0 aromatic rings. The van der Waals surface area contributed by atoms with Crippen LogP contribution in [0.3, 0.4) is 0 Å². The zero-order chi connectivity index (χ0) is 15.1. The van der Waals surface area contributed by atoms with Crippen molar-refractivity contribution in [2.75, 3.05) is 19.6 Å². The van der Waals surface area contributed by atoms with E-state index in [2.05, 4.69) is 19.2 Å². The minimum absolute atomic E-state index is 0.0122. The van der Waals surface area contributed by atoms with Crippen LogP contribution >= 0.6 is 0 Å². The second-order valence-electron chi connectivity index (χ2n) is 5.67. The SMILES string of the molecule is CCC(CC)C(O)CNC(=O)C1CCN(C(C)=O)CC1. The number of hydrogen-bond acceptors (Lipinski definition) is 3. The van der Waals surface area contributed by atoms with Crippen LogP contribution in [0.25, 0.3) is 0 Å². The molecule has 2 N–H and O–H groups in total. The van der Waals surface area contributed by atoms with Gasteiger partial charge in [0.2, 0.25) is 11.8 Å². The van der Waals surface area contributed by atoms with E-state index in [0.29, 0.717) is 32.5 Å². The summed E-state index contributed by atoms with van der Waals surface area (Å²) in [5, 5.41) is 12.9. The molecule has 1 rings (SSSR count). The minimum atomic E-state index is -0.466. The Hall–Kier alpha value is -1.10. The van der Waals surface area contributed by atoms with Crippen molar-refractivity contribution in [1.29, 1.82) is 0 Å². The van der Waals surface area contributed by atoms with Crippen LogP contribution in [0.15, 0.2) is 0 Å². The molecule has 0 aromatic carbocycles. The molecule has 0 aliphatic carbocycles. The lowest BCUT2D eigenvalue weighted by Crippen LogP contribution is -2.44. The van der Waals surface area contributed by atoms with E-state index in [4.69, 9.17) is 0 Å². The summed E-state index contributed by atoms with van der Waals surface area (Å²) in [4.78, 5) is 25.1. The van der Waals surface area contributed by atoms with Gasteiger partial charge in [-0.3, -0.25) is 9.59 Å². The topological polar surface area (TPSA) is 69.6 Å². The second kappa shape index (κ2) is 8.25. The van der Waals surface area contributed by atoms with E-state index >= 15 is 0 Å². The Balaban J connectivity index is 2.32. The molecule has 1 heterocycles. The summed E-state index contributed by atoms with van der Waals surface area (Å²) < 4.78 is 0. The van der Waals surface area contributed by atoms with Crippen LogP contribution in [0.4, 0.5) is 0 Å². The smallest absolute Gasteiger partial charge is 0.223 e. The molecule has 20 heavy (non-hydrogen) atoms. The van der Waals surface area contributed by atoms with Gasteiger partial charge in [-0.25, -0.2) is 0 Å². The molecule has 0 aromatic heterocycles. The number of nitrogens with zero attached hydrogens (tertiary/aromatic N) is 1. The Morgan fingerprint density at radius 1 is 1.25 bits per heavy atom. The fourth-order valence-corrected chi connectivity index (χ4v) is 2.81. The Labute approximate surface area is 121 Å². The summed E-state index contributed by atoms with van der Waals surface area (Å²) in [6.07, 6.45) is 2.81. The van der Waals surface area contributed by atoms with E-state index in [-0.39, 0.29) is 23.7 Å². The third kappa shape index (κ3) is 4.78. The van der Waals surface area contributed by atoms with Gasteiger partial charge in [0.15, 0.2) is 0 Å². The molecule has 1 aliphatic heterocycles. The molecular formula is C15H28N2O3. The maximum absolute atomic E-state index is 12.1. The van der Waals surface area contributed by atoms with Crippen molar-refractivity contribution >= 4 is 11.8 Å². The van der Waals surface area contributed by atoms with Crippen molar-refractivity contribution in [3.05, 3.63) is 0 Å². The van der Waals surface area contributed by atoms with Gasteiger partial charge in [-0.15, -0.1) is 0 Å². The molecule has 1 atom stereocenters. The van der Waals surface area contributed by atoms with Gasteiger partial charge in [0.1, 0.15) is 0 Å². The number of carbonyl (C=O) groups is 2. The fraction of sp³-hybridized carbons (Fsp3) is 0.867. The largest absolute Gasteiger partial charge is 0.391 e. The molecule has 116 valence electrons. The van der Waals surface area contributed by atoms with Crippen LogP contribution in [0.5, 0.6) is 0 Å². The third-order valence-electron chi connectivity index (χ3n) is 4.39. The number of carbonyl (C=O) groups excluding carboxylic acids is 2. The maximum atomic E-state index is 12.1. The molecule has 1 fully saturated rings. The first-order valence-corrected chi connectivity index (χ1v) is 7.70. The van der Waals surface area contributed by atoms with Crippen LogP contribution in [0.2, 0.25) is 0 Å². The Bertz CT molecular complexity index is 321. The van der Waals surface area contributed by atoms with Gasteiger partial charge in [0.05, 0.1) is 6.10 Å². The molecule has 2 amide bonds. The molecule has 1 aliphatic rings. The summed E-state index contributed by atoms with van der Waals surface area (Å²) >= 11 is 0. The second-order valence-corrected chi connectivity index (χ2v) is 5.67. The predicted molar refractivity (Wildman–Crippen MR) is 78.1 cm³/mol. The van der Waals surface area contributed by atoms with Gasteiger partial charge >= 0.3 is 0 Å². The summed E-state index contributed by atoms with van der Waals surface area (Å²) in [6, 6.07) is 0. The van der Waals surface area contributed by atoms with Gasteiger partial charge in [-0.05, 0) is 18.8 Å². The third-order valence-corrected chi connectivity index (χ3v) is 4.39.